The van der Waals surface area contributed by atoms with Gasteiger partial charge in [-0.15, -0.1) is 0 Å². The summed E-state index contributed by atoms with van der Waals surface area (Å²) in [6.45, 7) is 3.22. The van der Waals surface area contributed by atoms with Gasteiger partial charge < -0.3 is 10.1 Å². The number of nitrogens with one attached hydrogen (secondary N) is 1. The van der Waals surface area contributed by atoms with Gasteiger partial charge in [0.25, 0.3) is 5.91 Å². The van der Waals surface area contributed by atoms with E-state index in [2.05, 4.69) is 11.9 Å². The molecule has 0 aromatic heterocycles. The molecule has 0 saturated carbocycles. The second-order valence-corrected chi connectivity index (χ2v) is 3.79. The molecule has 0 radical (unpaired) electrons. The van der Waals surface area contributed by atoms with Crippen LogP contribution in [0.3, 0.4) is 0 Å². The van der Waals surface area contributed by atoms with Crippen molar-refractivity contribution in [2.75, 3.05) is 13.7 Å². The van der Waals surface area contributed by atoms with Gasteiger partial charge in [0.15, 0.2) is 5.83 Å². The molecule has 3 nitrogen and oxygen atoms in total. The van der Waals surface area contributed by atoms with Crippen molar-refractivity contribution < 1.29 is 13.9 Å². The zero-order valence-corrected chi connectivity index (χ0v) is 10.2. The summed E-state index contributed by atoms with van der Waals surface area (Å²) in [5.41, 5.74) is 0.931. The summed E-state index contributed by atoms with van der Waals surface area (Å²) in [6.07, 6.45) is 0.558. The molecule has 0 bridgehead atoms. The Labute approximate surface area is 104 Å². The van der Waals surface area contributed by atoms with E-state index >= 15 is 0 Å². The quantitative estimate of drug-likeness (QED) is 0.823. The molecule has 0 aliphatic carbocycles. The van der Waals surface area contributed by atoms with Crippen LogP contribution in [0.4, 0.5) is 4.39 Å². The fourth-order valence-electron chi connectivity index (χ4n) is 1.28. The molecule has 0 heterocycles. The van der Waals surface area contributed by atoms with Crippen LogP contribution in [0.5, 0.6) is 5.75 Å². The fraction of sp³-hybridized carbons (Fsp3) is 0.250. The first kappa shape index (κ1) is 13.5. The van der Waals surface area contributed by atoms with Gasteiger partial charge in [0, 0.05) is 6.54 Å². The molecule has 0 unspecified atom stereocenters. The molecule has 0 atom stereocenters. The first-order valence-corrected chi connectivity index (χ1v) is 5.37. The number of benzene rings is 1. The highest BCUT2D eigenvalue weighted by Crippen LogP contribution is 2.24. The molecule has 0 aliphatic rings. The SMILES string of the molecule is C=C(F)C(=O)NCCc1ccc(OC)c(Cl)c1. The Morgan fingerprint density at radius 2 is 2.29 bits per heavy atom. The Balaban J connectivity index is 2.50. The number of methoxy groups -OCH3 is 1. The second kappa shape index (κ2) is 6.25. The van der Waals surface area contributed by atoms with Crippen LogP contribution < -0.4 is 10.1 Å². The Kier molecular flexibility index (Phi) is 4.97. The number of carbonyl (C=O) groups excluding carboxylic acids is 1. The molecular formula is C12H13ClFNO2. The second-order valence-electron chi connectivity index (χ2n) is 3.38. The summed E-state index contributed by atoms with van der Waals surface area (Å²) in [5.74, 6) is -1.18. The number of rotatable bonds is 5. The van der Waals surface area contributed by atoms with Crippen LogP contribution in [-0.4, -0.2) is 19.6 Å². The monoisotopic (exact) mass is 257 g/mol. The minimum Gasteiger partial charge on any atom is -0.495 e. The number of amides is 1. The van der Waals surface area contributed by atoms with Crippen LogP contribution in [0, 0.1) is 0 Å². The Morgan fingerprint density at radius 1 is 1.59 bits per heavy atom. The molecule has 92 valence electrons. The topological polar surface area (TPSA) is 38.3 Å². The molecule has 1 aromatic carbocycles. The van der Waals surface area contributed by atoms with E-state index in [1.54, 1.807) is 12.1 Å². The van der Waals surface area contributed by atoms with E-state index in [4.69, 9.17) is 16.3 Å². The van der Waals surface area contributed by atoms with Gasteiger partial charge in [0.05, 0.1) is 12.1 Å². The lowest BCUT2D eigenvalue weighted by Crippen LogP contribution is -2.25. The van der Waals surface area contributed by atoms with E-state index in [9.17, 15) is 9.18 Å². The predicted octanol–water partition coefficient (Wildman–Crippen LogP) is 2.49. The molecule has 0 saturated heterocycles. The Bertz CT molecular complexity index is 435. The summed E-state index contributed by atoms with van der Waals surface area (Å²) in [6, 6.07) is 5.32. The highest BCUT2D eigenvalue weighted by atomic mass is 35.5. The van der Waals surface area contributed by atoms with Crippen LogP contribution in [0.2, 0.25) is 5.02 Å². The fourth-order valence-corrected chi connectivity index (χ4v) is 1.56. The molecule has 1 amide bonds. The van der Waals surface area contributed by atoms with Gasteiger partial charge in [0.1, 0.15) is 5.75 Å². The first-order valence-electron chi connectivity index (χ1n) is 4.99. The lowest BCUT2D eigenvalue weighted by atomic mass is 10.1. The summed E-state index contributed by atoms with van der Waals surface area (Å²) in [4.78, 5) is 10.9. The van der Waals surface area contributed by atoms with Crippen LogP contribution in [0.1, 0.15) is 5.56 Å². The predicted molar refractivity (Wildman–Crippen MR) is 65.0 cm³/mol. The third-order valence-electron chi connectivity index (χ3n) is 2.16. The zero-order chi connectivity index (χ0) is 12.8. The zero-order valence-electron chi connectivity index (χ0n) is 9.43. The summed E-state index contributed by atoms with van der Waals surface area (Å²) < 4.78 is 17.4. The smallest absolute Gasteiger partial charge is 0.279 e. The standard InChI is InChI=1S/C12H13ClFNO2/c1-8(14)12(16)15-6-5-9-3-4-11(17-2)10(13)7-9/h3-4,7H,1,5-6H2,2H3,(H,15,16). The Hall–Kier alpha value is -1.55. The van der Waals surface area contributed by atoms with Crippen molar-refractivity contribution in [1.29, 1.82) is 0 Å². The maximum atomic E-state index is 12.3. The summed E-state index contributed by atoms with van der Waals surface area (Å²) >= 11 is 5.93. The minimum absolute atomic E-state index is 0.324. The van der Waals surface area contributed by atoms with E-state index in [-0.39, 0.29) is 0 Å². The molecule has 0 spiro atoms. The molecule has 0 fully saturated rings. The van der Waals surface area contributed by atoms with Crippen molar-refractivity contribution in [3.63, 3.8) is 0 Å². The van der Waals surface area contributed by atoms with E-state index in [1.165, 1.54) is 7.11 Å². The van der Waals surface area contributed by atoms with Gasteiger partial charge in [-0.2, -0.15) is 0 Å². The number of halogens is 2. The van der Waals surface area contributed by atoms with Gasteiger partial charge in [0.2, 0.25) is 0 Å². The molecule has 1 rings (SSSR count). The van der Waals surface area contributed by atoms with Crippen LogP contribution in [0.15, 0.2) is 30.6 Å². The van der Waals surface area contributed by atoms with Crippen LogP contribution >= 0.6 is 11.6 Å². The lowest BCUT2D eigenvalue weighted by molar-refractivity contribution is -0.118. The van der Waals surface area contributed by atoms with Crippen LogP contribution in [-0.2, 0) is 11.2 Å². The van der Waals surface area contributed by atoms with Crippen molar-refractivity contribution in [2.45, 2.75) is 6.42 Å². The number of ether oxygens (including phenoxy) is 1. The van der Waals surface area contributed by atoms with E-state index in [1.807, 2.05) is 6.07 Å². The van der Waals surface area contributed by atoms with Gasteiger partial charge in [-0.3, -0.25) is 4.79 Å². The van der Waals surface area contributed by atoms with E-state index in [0.717, 1.165) is 5.56 Å². The largest absolute Gasteiger partial charge is 0.495 e. The van der Waals surface area contributed by atoms with Crippen molar-refractivity contribution in [3.8, 4) is 5.75 Å². The third-order valence-corrected chi connectivity index (χ3v) is 2.46. The van der Waals surface area contributed by atoms with Gasteiger partial charge in [-0.05, 0) is 24.1 Å². The molecule has 1 aromatic rings. The van der Waals surface area contributed by atoms with Crippen LogP contribution in [0.25, 0.3) is 0 Å². The molecule has 1 N–H and O–H groups in total. The van der Waals surface area contributed by atoms with E-state index in [0.29, 0.717) is 23.7 Å². The van der Waals surface area contributed by atoms with Gasteiger partial charge in [-0.1, -0.05) is 24.2 Å². The lowest BCUT2D eigenvalue weighted by Gasteiger charge is -2.06. The molecule has 0 aliphatic heterocycles. The third kappa shape index (κ3) is 4.07. The number of hydrogen-bond donors (Lipinski definition) is 1. The van der Waals surface area contributed by atoms with E-state index < -0.39 is 11.7 Å². The Morgan fingerprint density at radius 3 is 2.82 bits per heavy atom. The molecular weight excluding hydrogens is 245 g/mol. The normalized spacial score (nSPS) is 9.82. The average molecular weight is 258 g/mol. The number of hydrogen-bond acceptors (Lipinski definition) is 2. The first-order chi connectivity index (χ1) is 8.04. The maximum Gasteiger partial charge on any atom is 0.279 e. The van der Waals surface area contributed by atoms with Crippen molar-refractivity contribution in [3.05, 3.63) is 41.2 Å². The molecule has 17 heavy (non-hydrogen) atoms. The minimum atomic E-state index is -0.988. The van der Waals surface area contributed by atoms with Crippen molar-refractivity contribution in [1.82, 2.24) is 5.32 Å². The highest BCUT2D eigenvalue weighted by Gasteiger charge is 2.05. The maximum absolute atomic E-state index is 12.3. The molecule has 5 heteroatoms. The number of carbonyl (C=O) groups is 1. The van der Waals surface area contributed by atoms with Crippen molar-refractivity contribution >= 4 is 17.5 Å². The average Bonchev–Trinajstić information content (AvgIpc) is 2.29. The summed E-state index contributed by atoms with van der Waals surface area (Å²) in [7, 11) is 1.54. The summed E-state index contributed by atoms with van der Waals surface area (Å²) in [5, 5.41) is 2.90. The van der Waals surface area contributed by atoms with Crippen molar-refractivity contribution in [2.24, 2.45) is 0 Å². The highest BCUT2D eigenvalue weighted by molar-refractivity contribution is 6.32. The van der Waals surface area contributed by atoms with Gasteiger partial charge in [-0.25, -0.2) is 4.39 Å². The van der Waals surface area contributed by atoms with Gasteiger partial charge >= 0.3 is 0 Å².